The minimum Gasteiger partial charge on any atom is -0.497 e. The molecule has 2 heteroatoms. The second-order valence-corrected chi connectivity index (χ2v) is 5.44. The SMILES string of the molecule is CCCCCCCc1ccc(-c2ccc(OC)cc2)nc1. The second-order valence-electron chi connectivity index (χ2n) is 5.44. The van der Waals surface area contributed by atoms with Gasteiger partial charge >= 0.3 is 0 Å². The molecule has 1 heterocycles. The number of benzene rings is 1. The molecular weight excluding hydrogens is 258 g/mol. The van der Waals surface area contributed by atoms with Crippen LogP contribution in [0.1, 0.15) is 44.6 Å². The lowest BCUT2D eigenvalue weighted by Crippen LogP contribution is -1.90. The zero-order chi connectivity index (χ0) is 14.9. The zero-order valence-corrected chi connectivity index (χ0v) is 13.1. The maximum absolute atomic E-state index is 5.18. The molecule has 0 atom stereocenters. The van der Waals surface area contributed by atoms with Crippen molar-refractivity contribution >= 4 is 0 Å². The van der Waals surface area contributed by atoms with Crippen LogP contribution in [0.25, 0.3) is 11.3 Å². The van der Waals surface area contributed by atoms with Gasteiger partial charge in [0, 0.05) is 11.8 Å². The Bertz CT molecular complexity index is 516. The molecule has 0 fully saturated rings. The monoisotopic (exact) mass is 283 g/mol. The smallest absolute Gasteiger partial charge is 0.118 e. The van der Waals surface area contributed by atoms with E-state index in [1.807, 2.05) is 30.5 Å². The number of nitrogens with zero attached hydrogens (tertiary/aromatic N) is 1. The molecule has 0 unspecified atom stereocenters. The number of unbranched alkanes of at least 4 members (excludes halogenated alkanes) is 4. The summed E-state index contributed by atoms with van der Waals surface area (Å²) in [5, 5.41) is 0. The van der Waals surface area contributed by atoms with E-state index < -0.39 is 0 Å². The first kappa shape index (κ1) is 15.6. The minimum absolute atomic E-state index is 0.877. The van der Waals surface area contributed by atoms with Crippen molar-refractivity contribution in [3.63, 3.8) is 0 Å². The molecule has 2 aromatic rings. The van der Waals surface area contributed by atoms with E-state index in [1.165, 1.54) is 37.7 Å². The first-order chi connectivity index (χ1) is 10.3. The van der Waals surface area contributed by atoms with Crippen molar-refractivity contribution in [1.82, 2.24) is 4.98 Å². The molecule has 0 saturated heterocycles. The number of aromatic nitrogens is 1. The molecule has 1 aromatic heterocycles. The van der Waals surface area contributed by atoms with Gasteiger partial charge in [-0.2, -0.15) is 0 Å². The highest BCUT2D eigenvalue weighted by Crippen LogP contribution is 2.21. The molecule has 0 spiro atoms. The highest BCUT2D eigenvalue weighted by Gasteiger charge is 2.01. The molecule has 0 aliphatic rings. The summed E-state index contributed by atoms with van der Waals surface area (Å²) in [6.45, 7) is 2.25. The Morgan fingerprint density at radius 2 is 1.67 bits per heavy atom. The molecule has 0 saturated carbocycles. The van der Waals surface area contributed by atoms with Crippen LogP contribution in [-0.4, -0.2) is 12.1 Å². The third-order valence-corrected chi connectivity index (χ3v) is 3.78. The maximum atomic E-state index is 5.18. The van der Waals surface area contributed by atoms with Gasteiger partial charge in [0.05, 0.1) is 12.8 Å². The lowest BCUT2D eigenvalue weighted by Gasteiger charge is -2.05. The van der Waals surface area contributed by atoms with Gasteiger partial charge in [-0.3, -0.25) is 4.98 Å². The summed E-state index contributed by atoms with van der Waals surface area (Å²) < 4.78 is 5.18. The van der Waals surface area contributed by atoms with Gasteiger partial charge in [0.15, 0.2) is 0 Å². The Hall–Kier alpha value is -1.83. The van der Waals surface area contributed by atoms with Gasteiger partial charge < -0.3 is 4.74 Å². The average Bonchev–Trinajstić information content (AvgIpc) is 2.55. The van der Waals surface area contributed by atoms with Crippen LogP contribution < -0.4 is 4.74 Å². The number of hydrogen-bond acceptors (Lipinski definition) is 2. The van der Waals surface area contributed by atoms with Crippen LogP contribution in [0.2, 0.25) is 0 Å². The van der Waals surface area contributed by atoms with Gasteiger partial charge in [-0.25, -0.2) is 0 Å². The van der Waals surface area contributed by atoms with Crippen molar-refractivity contribution in [2.45, 2.75) is 45.4 Å². The summed E-state index contributed by atoms with van der Waals surface area (Å²) >= 11 is 0. The van der Waals surface area contributed by atoms with E-state index in [1.54, 1.807) is 7.11 Å². The Kier molecular flexibility index (Phi) is 6.26. The number of aryl methyl sites for hydroxylation is 1. The lowest BCUT2D eigenvalue weighted by molar-refractivity contribution is 0.415. The van der Waals surface area contributed by atoms with Crippen LogP contribution in [-0.2, 0) is 6.42 Å². The Morgan fingerprint density at radius 1 is 0.905 bits per heavy atom. The van der Waals surface area contributed by atoms with Gasteiger partial charge in [0.1, 0.15) is 5.75 Å². The van der Waals surface area contributed by atoms with Crippen molar-refractivity contribution in [2.24, 2.45) is 0 Å². The Balaban J connectivity index is 1.88. The average molecular weight is 283 g/mol. The highest BCUT2D eigenvalue weighted by atomic mass is 16.5. The molecule has 0 bridgehead atoms. The fourth-order valence-electron chi connectivity index (χ4n) is 2.44. The van der Waals surface area contributed by atoms with Gasteiger partial charge in [0.25, 0.3) is 0 Å². The molecule has 0 radical (unpaired) electrons. The zero-order valence-electron chi connectivity index (χ0n) is 13.1. The van der Waals surface area contributed by atoms with Crippen LogP contribution in [0.4, 0.5) is 0 Å². The molecule has 2 rings (SSSR count). The summed E-state index contributed by atoms with van der Waals surface area (Å²) in [6, 6.07) is 12.4. The third-order valence-electron chi connectivity index (χ3n) is 3.78. The summed E-state index contributed by atoms with van der Waals surface area (Å²) in [5.41, 5.74) is 3.49. The quantitative estimate of drug-likeness (QED) is 0.616. The first-order valence-corrected chi connectivity index (χ1v) is 7.93. The van der Waals surface area contributed by atoms with Crippen molar-refractivity contribution in [1.29, 1.82) is 0 Å². The Morgan fingerprint density at radius 3 is 2.29 bits per heavy atom. The molecule has 21 heavy (non-hydrogen) atoms. The van der Waals surface area contributed by atoms with Crippen LogP contribution >= 0.6 is 0 Å². The van der Waals surface area contributed by atoms with Crippen LogP contribution in [0.15, 0.2) is 42.6 Å². The standard InChI is InChI=1S/C19H25NO/c1-3-4-5-6-7-8-16-9-14-19(20-15-16)17-10-12-18(21-2)13-11-17/h9-15H,3-8H2,1-2H3. The van der Waals surface area contributed by atoms with E-state index in [9.17, 15) is 0 Å². The third kappa shape index (κ3) is 4.89. The lowest BCUT2D eigenvalue weighted by atomic mass is 10.1. The fraction of sp³-hybridized carbons (Fsp3) is 0.421. The predicted molar refractivity (Wildman–Crippen MR) is 88.7 cm³/mol. The molecule has 0 amide bonds. The predicted octanol–water partition coefficient (Wildman–Crippen LogP) is 5.27. The number of pyridine rings is 1. The van der Waals surface area contributed by atoms with E-state index in [2.05, 4.69) is 24.0 Å². The summed E-state index contributed by atoms with van der Waals surface area (Å²) in [5.74, 6) is 0.877. The van der Waals surface area contributed by atoms with Gasteiger partial charge in [0.2, 0.25) is 0 Å². The molecule has 112 valence electrons. The minimum atomic E-state index is 0.877. The second kappa shape index (κ2) is 8.46. The topological polar surface area (TPSA) is 22.1 Å². The summed E-state index contributed by atoms with van der Waals surface area (Å²) in [7, 11) is 1.68. The van der Waals surface area contributed by atoms with Gasteiger partial charge in [-0.1, -0.05) is 38.7 Å². The summed E-state index contributed by atoms with van der Waals surface area (Å²) in [4.78, 5) is 4.58. The van der Waals surface area contributed by atoms with Crippen molar-refractivity contribution < 1.29 is 4.74 Å². The first-order valence-electron chi connectivity index (χ1n) is 7.93. The van der Waals surface area contributed by atoms with E-state index in [4.69, 9.17) is 4.74 Å². The molecule has 0 N–H and O–H groups in total. The van der Waals surface area contributed by atoms with E-state index in [0.29, 0.717) is 0 Å². The number of methoxy groups -OCH3 is 1. The van der Waals surface area contributed by atoms with Crippen LogP contribution in [0.3, 0.4) is 0 Å². The molecule has 0 aliphatic heterocycles. The maximum Gasteiger partial charge on any atom is 0.118 e. The van der Waals surface area contributed by atoms with Crippen molar-refractivity contribution in [3.05, 3.63) is 48.2 Å². The highest BCUT2D eigenvalue weighted by molar-refractivity contribution is 5.60. The number of rotatable bonds is 8. The molecule has 2 nitrogen and oxygen atoms in total. The van der Waals surface area contributed by atoms with E-state index in [0.717, 1.165) is 23.4 Å². The van der Waals surface area contributed by atoms with E-state index in [-0.39, 0.29) is 0 Å². The van der Waals surface area contributed by atoms with Gasteiger partial charge in [-0.05, 0) is 48.7 Å². The largest absolute Gasteiger partial charge is 0.497 e. The van der Waals surface area contributed by atoms with E-state index >= 15 is 0 Å². The van der Waals surface area contributed by atoms with Gasteiger partial charge in [-0.15, -0.1) is 0 Å². The normalized spacial score (nSPS) is 10.6. The fourth-order valence-corrected chi connectivity index (χ4v) is 2.44. The molecular formula is C19H25NO. The van der Waals surface area contributed by atoms with Crippen molar-refractivity contribution in [2.75, 3.05) is 7.11 Å². The van der Waals surface area contributed by atoms with Crippen molar-refractivity contribution in [3.8, 4) is 17.0 Å². The Labute approximate surface area is 128 Å². The number of ether oxygens (including phenoxy) is 1. The van der Waals surface area contributed by atoms with Crippen LogP contribution in [0.5, 0.6) is 5.75 Å². The number of hydrogen-bond donors (Lipinski definition) is 0. The van der Waals surface area contributed by atoms with Crippen LogP contribution in [0, 0.1) is 0 Å². The molecule has 1 aromatic carbocycles. The summed E-state index contributed by atoms with van der Waals surface area (Å²) in [6.07, 6.45) is 9.76. The molecule has 0 aliphatic carbocycles.